The van der Waals surface area contributed by atoms with Crippen molar-refractivity contribution in [1.82, 2.24) is 15.1 Å². The van der Waals surface area contributed by atoms with Gasteiger partial charge in [-0.1, -0.05) is 42.5 Å². The molecule has 2 heterocycles. The lowest BCUT2D eigenvalue weighted by atomic mass is 10.2. The van der Waals surface area contributed by atoms with Gasteiger partial charge in [-0.25, -0.2) is 4.39 Å². The van der Waals surface area contributed by atoms with Crippen LogP contribution in [0.15, 0.2) is 59.0 Å². The fraction of sp³-hybridized carbons (Fsp3) is 0.300. The number of hydrogen-bond donors (Lipinski definition) is 0. The average Bonchev–Trinajstić information content (AvgIpc) is 3.10. The van der Waals surface area contributed by atoms with Crippen molar-refractivity contribution in [2.45, 2.75) is 13.0 Å². The minimum atomic E-state index is -0.164. The maximum Gasteiger partial charge on any atom is 0.230 e. The van der Waals surface area contributed by atoms with Crippen molar-refractivity contribution < 1.29 is 8.81 Å². The zero-order valence-corrected chi connectivity index (χ0v) is 14.5. The molecular formula is C20H21FN4O. The summed E-state index contributed by atoms with van der Waals surface area (Å²) in [5.74, 6) is 1.11. The van der Waals surface area contributed by atoms with E-state index in [0.29, 0.717) is 30.4 Å². The third kappa shape index (κ3) is 3.91. The quantitative estimate of drug-likeness (QED) is 0.706. The second-order valence-electron chi connectivity index (χ2n) is 6.47. The second kappa shape index (κ2) is 7.66. The van der Waals surface area contributed by atoms with Crippen molar-refractivity contribution >= 4 is 5.69 Å². The van der Waals surface area contributed by atoms with Crippen LogP contribution in [0.1, 0.15) is 17.3 Å². The van der Waals surface area contributed by atoms with Crippen molar-refractivity contribution in [1.29, 1.82) is 0 Å². The fourth-order valence-corrected chi connectivity index (χ4v) is 3.24. The first-order chi connectivity index (χ1) is 12.8. The van der Waals surface area contributed by atoms with Crippen LogP contribution in [0.4, 0.5) is 10.1 Å². The summed E-state index contributed by atoms with van der Waals surface area (Å²) in [6.07, 6.45) is 0.648. The van der Waals surface area contributed by atoms with Gasteiger partial charge >= 0.3 is 0 Å². The summed E-state index contributed by atoms with van der Waals surface area (Å²) in [5.41, 5.74) is 1.83. The summed E-state index contributed by atoms with van der Waals surface area (Å²) in [4.78, 5) is 4.34. The predicted molar refractivity (Wildman–Crippen MR) is 97.4 cm³/mol. The Bertz CT molecular complexity index is 844. The second-order valence-corrected chi connectivity index (χ2v) is 6.47. The molecule has 0 atom stereocenters. The Balaban J connectivity index is 1.31. The standard InChI is InChI=1S/C20H21FN4O/c21-17-8-4-5-9-18(17)25-12-10-24(11-13-25)15-20-23-22-19(26-20)14-16-6-2-1-3-7-16/h1-9H,10-15H2. The topological polar surface area (TPSA) is 45.4 Å². The first-order valence-corrected chi connectivity index (χ1v) is 8.85. The number of benzene rings is 2. The van der Waals surface area contributed by atoms with E-state index in [1.54, 1.807) is 6.07 Å². The molecule has 1 aliphatic heterocycles. The van der Waals surface area contributed by atoms with E-state index in [2.05, 4.69) is 20.0 Å². The lowest BCUT2D eigenvalue weighted by molar-refractivity contribution is 0.224. The molecule has 0 amide bonds. The van der Waals surface area contributed by atoms with E-state index < -0.39 is 0 Å². The summed E-state index contributed by atoms with van der Waals surface area (Å²) >= 11 is 0. The Kier molecular flexibility index (Phi) is 4.93. The van der Waals surface area contributed by atoms with E-state index in [9.17, 15) is 4.39 Å². The Hall–Kier alpha value is -2.73. The van der Waals surface area contributed by atoms with Crippen LogP contribution in [0, 0.1) is 5.82 Å². The van der Waals surface area contributed by atoms with Gasteiger partial charge in [0, 0.05) is 26.2 Å². The van der Waals surface area contributed by atoms with Crippen LogP contribution < -0.4 is 4.90 Å². The zero-order chi connectivity index (χ0) is 17.8. The minimum Gasteiger partial charge on any atom is -0.424 e. The molecule has 6 heteroatoms. The van der Waals surface area contributed by atoms with Gasteiger partial charge in [0.15, 0.2) is 0 Å². The van der Waals surface area contributed by atoms with Gasteiger partial charge in [0.25, 0.3) is 0 Å². The molecule has 0 spiro atoms. The molecule has 1 aromatic heterocycles. The molecule has 0 N–H and O–H groups in total. The first-order valence-electron chi connectivity index (χ1n) is 8.85. The van der Waals surface area contributed by atoms with Crippen LogP contribution >= 0.6 is 0 Å². The maximum atomic E-state index is 13.9. The van der Waals surface area contributed by atoms with Crippen LogP contribution in [-0.4, -0.2) is 41.3 Å². The Labute approximate surface area is 152 Å². The fourth-order valence-electron chi connectivity index (χ4n) is 3.24. The Morgan fingerprint density at radius 3 is 2.31 bits per heavy atom. The zero-order valence-electron chi connectivity index (χ0n) is 14.5. The summed E-state index contributed by atoms with van der Waals surface area (Å²) < 4.78 is 19.7. The van der Waals surface area contributed by atoms with E-state index in [-0.39, 0.29) is 5.82 Å². The molecule has 134 valence electrons. The van der Waals surface area contributed by atoms with Gasteiger partial charge in [-0.05, 0) is 17.7 Å². The average molecular weight is 352 g/mol. The molecule has 1 fully saturated rings. The molecule has 26 heavy (non-hydrogen) atoms. The van der Waals surface area contributed by atoms with E-state index in [1.807, 2.05) is 42.5 Å². The lowest BCUT2D eigenvalue weighted by Crippen LogP contribution is -2.46. The number of hydrogen-bond acceptors (Lipinski definition) is 5. The van der Waals surface area contributed by atoms with Gasteiger partial charge in [-0.2, -0.15) is 0 Å². The monoisotopic (exact) mass is 352 g/mol. The van der Waals surface area contributed by atoms with Crippen molar-refractivity contribution in [3.05, 3.63) is 77.8 Å². The molecule has 2 aromatic carbocycles. The highest BCUT2D eigenvalue weighted by molar-refractivity contribution is 5.47. The molecule has 0 unspecified atom stereocenters. The first kappa shape index (κ1) is 16.7. The van der Waals surface area contributed by atoms with Crippen molar-refractivity contribution in [2.75, 3.05) is 31.1 Å². The Morgan fingerprint density at radius 1 is 0.846 bits per heavy atom. The summed E-state index contributed by atoms with van der Waals surface area (Å²) in [6.45, 7) is 3.88. The highest BCUT2D eigenvalue weighted by atomic mass is 19.1. The number of para-hydroxylation sites is 1. The molecule has 0 bridgehead atoms. The van der Waals surface area contributed by atoms with E-state index in [1.165, 1.54) is 6.07 Å². The van der Waals surface area contributed by atoms with Crippen LogP contribution in [0.2, 0.25) is 0 Å². The van der Waals surface area contributed by atoms with Gasteiger partial charge in [0.2, 0.25) is 11.8 Å². The molecule has 4 rings (SSSR count). The molecule has 3 aromatic rings. The SMILES string of the molecule is Fc1ccccc1N1CCN(Cc2nnc(Cc3ccccc3)o2)CC1. The summed E-state index contributed by atoms with van der Waals surface area (Å²) in [5, 5.41) is 8.31. The molecule has 0 aliphatic carbocycles. The van der Waals surface area contributed by atoms with Crippen LogP contribution in [0.25, 0.3) is 0 Å². The number of halogens is 1. The Morgan fingerprint density at radius 2 is 1.54 bits per heavy atom. The van der Waals surface area contributed by atoms with Crippen LogP contribution in [-0.2, 0) is 13.0 Å². The molecule has 0 saturated carbocycles. The normalized spacial score (nSPS) is 15.3. The van der Waals surface area contributed by atoms with E-state index in [0.717, 1.165) is 31.7 Å². The minimum absolute atomic E-state index is 0.164. The third-order valence-electron chi connectivity index (χ3n) is 4.63. The van der Waals surface area contributed by atoms with E-state index >= 15 is 0 Å². The molecule has 1 saturated heterocycles. The summed E-state index contributed by atoms with van der Waals surface area (Å²) in [7, 11) is 0. The van der Waals surface area contributed by atoms with Crippen molar-refractivity contribution in [3.8, 4) is 0 Å². The molecule has 1 aliphatic rings. The van der Waals surface area contributed by atoms with Gasteiger partial charge in [0.1, 0.15) is 5.82 Å². The number of rotatable bonds is 5. The summed E-state index contributed by atoms with van der Waals surface area (Å²) in [6, 6.07) is 17.0. The molecule has 0 radical (unpaired) electrons. The highest BCUT2D eigenvalue weighted by Gasteiger charge is 2.21. The van der Waals surface area contributed by atoms with Gasteiger partial charge in [-0.15, -0.1) is 10.2 Å². The largest absolute Gasteiger partial charge is 0.424 e. The maximum absolute atomic E-state index is 13.9. The smallest absolute Gasteiger partial charge is 0.230 e. The lowest BCUT2D eigenvalue weighted by Gasteiger charge is -2.35. The van der Waals surface area contributed by atoms with Crippen molar-refractivity contribution in [2.24, 2.45) is 0 Å². The molecular weight excluding hydrogens is 331 g/mol. The van der Waals surface area contributed by atoms with Crippen molar-refractivity contribution in [3.63, 3.8) is 0 Å². The van der Waals surface area contributed by atoms with Crippen LogP contribution in [0.3, 0.4) is 0 Å². The number of aromatic nitrogens is 2. The van der Waals surface area contributed by atoms with Gasteiger partial charge in [0.05, 0.1) is 18.7 Å². The van der Waals surface area contributed by atoms with Gasteiger partial charge in [-0.3, -0.25) is 4.90 Å². The number of nitrogens with zero attached hydrogens (tertiary/aromatic N) is 4. The number of piperazine rings is 1. The molecule has 5 nitrogen and oxygen atoms in total. The van der Waals surface area contributed by atoms with E-state index in [4.69, 9.17) is 4.42 Å². The number of anilines is 1. The van der Waals surface area contributed by atoms with Crippen LogP contribution in [0.5, 0.6) is 0 Å². The highest BCUT2D eigenvalue weighted by Crippen LogP contribution is 2.20. The van der Waals surface area contributed by atoms with Gasteiger partial charge < -0.3 is 9.32 Å². The predicted octanol–water partition coefficient (Wildman–Crippen LogP) is 3.12. The third-order valence-corrected chi connectivity index (χ3v) is 4.63.